The number of aromatic nitrogens is 2. The molecule has 2 rings (SSSR count). The van der Waals surface area contributed by atoms with Crippen LogP contribution in [-0.2, 0) is 6.54 Å². The quantitative estimate of drug-likeness (QED) is 0.652. The van der Waals surface area contributed by atoms with Gasteiger partial charge in [-0.15, -0.1) is 0 Å². The summed E-state index contributed by atoms with van der Waals surface area (Å²) in [5, 5.41) is 17.3. The van der Waals surface area contributed by atoms with E-state index in [1.54, 1.807) is 6.92 Å². The number of aryl methyl sites for hydroxylation is 1. The number of nitrogens with one attached hydrogen (secondary N) is 1. The number of carbonyl (C=O) groups excluding carboxylic acids is 1. The van der Waals surface area contributed by atoms with Gasteiger partial charge < -0.3 is 5.32 Å². The highest BCUT2D eigenvalue weighted by Gasteiger charge is 2.14. The molecule has 0 unspecified atom stereocenters. The lowest BCUT2D eigenvalue weighted by Gasteiger charge is -2.07. The standard InChI is InChI=1S/C14H14N4O4/c1-10-4-5-11(9-12(10)18(21)22)14(20)15-7-8-17-13(19)3-2-6-16-17/h2-6,9H,7-8H2,1H3,(H,15,20). The summed E-state index contributed by atoms with van der Waals surface area (Å²) in [6, 6.07) is 7.18. The first kappa shape index (κ1) is 15.4. The Bertz CT molecular complexity index is 769. The Hall–Kier alpha value is -3.03. The average Bonchev–Trinajstić information content (AvgIpc) is 2.49. The number of benzene rings is 1. The van der Waals surface area contributed by atoms with Gasteiger partial charge in [0.25, 0.3) is 17.2 Å². The van der Waals surface area contributed by atoms with Crippen LogP contribution in [0.2, 0.25) is 0 Å². The Kier molecular flexibility index (Phi) is 4.62. The molecular formula is C14H14N4O4. The highest BCUT2D eigenvalue weighted by molar-refractivity contribution is 5.94. The molecule has 0 fully saturated rings. The molecule has 1 aromatic carbocycles. The summed E-state index contributed by atoms with van der Waals surface area (Å²) in [6.45, 7) is 2.02. The Morgan fingerprint density at radius 3 is 2.86 bits per heavy atom. The second kappa shape index (κ2) is 6.61. The van der Waals surface area contributed by atoms with Crippen molar-refractivity contribution >= 4 is 11.6 Å². The van der Waals surface area contributed by atoms with Gasteiger partial charge in [0.05, 0.1) is 11.5 Å². The lowest BCUT2D eigenvalue weighted by atomic mass is 10.1. The van der Waals surface area contributed by atoms with E-state index in [1.807, 2.05) is 0 Å². The van der Waals surface area contributed by atoms with E-state index in [1.165, 1.54) is 41.2 Å². The number of amides is 1. The fourth-order valence-corrected chi connectivity index (χ4v) is 1.88. The molecule has 0 spiro atoms. The lowest BCUT2D eigenvalue weighted by molar-refractivity contribution is -0.385. The van der Waals surface area contributed by atoms with Gasteiger partial charge in [-0.05, 0) is 19.1 Å². The predicted molar refractivity (Wildman–Crippen MR) is 78.7 cm³/mol. The van der Waals surface area contributed by atoms with Gasteiger partial charge in [0.2, 0.25) is 0 Å². The molecular weight excluding hydrogens is 288 g/mol. The summed E-state index contributed by atoms with van der Waals surface area (Å²) in [4.78, 5) is 33.7. The van der Waals surface area contributed by atoms with Crippen LogP contribution in [0.5, 0.6) is 0 Å². The van der Waals surface area contributed by atoms with Crippen molar-refractivity contribution in [2.75, 3.05) is 6.54 Å². The molecule has 8 heteroatoms. The molecule has 0 aliphatic rings. The zero-order chi connectivity index (χ0) is 16.1. The largest absolute Gasteiger partial charge is 0.350 e. The van der Waals surface area contributed by atoms with E-state index >= 15 is 0 Å². The maximum atomic E-state index is 12.0. The Morgan fingerprint density at radius 2 is 2.18 bits per heavy atom. The van der Waals surface area contributed by atoms with Crippen LogP contribution in [0.3, 0.4) is 0 Å². The second-order valence-corrected chi connectivity index (χ2v) is 4.60. The van der Waals surface area contributed by atoms with E-state index in [-0.39, 0.29) is 29.9 Å². The van der Waals surface area contributed by atoms with Gasteiger partial charge in [0.15, 0.2) is 0 Å². The van der Waals surface area contributed by atoms with Gasteiger partial charge in [-0.25, -0.2) is 4.68 Å². The van der Waals surface area contributed by atoms with E-state index in [2.05, 4.69) is 10.4 Å². The summed E-state index contributed by atoms with van der Waals surface area (Å²) >= 11 is 0. The first-order valence-corrected chi connectivity index (χ1v) is 6.54. The molecule has 0 aliphatic heterocycles. The average molecular weight is 302 g/mol. The van der Waals surface area contributed by atoms with Crippen LogP contribution >= 0.6 is 0 Å². The first-order valence-electron chi connectivity index (χ1n) is 6.54. The predicted octanol–water partition coefficient (Wildman–Crippen LogP) is 0.890. The fourth-order valence-electron chi connectivity index (χ4n) is 1.88. The van der Waals surface area contributed by atoms with Crippen molar-refractivity contribution in [3.8, 4) is 0 Å². The molecule has 1 N–H and O–H groups in total. The van der Waals surface area contributed by atoms with Crippen LogP contribution in [-0.4, -0.2) is 27.2 Å². The van der Waals surface area contributed by atoms with E-state index in [9.17, 15) is 19.7 Å². The highest BCUT2D eigenvalue weighted by atomic mass is 16.6. The number of nitro groups is 1. The third-order valence-corrected chi connectivity index (χ3v) is 3.06. The van der Waals surface area contributed by atoms with Crippen molar-refractivity contribution in [2.45, 2.75) is 13.5 Å². The third-order valence-electron chi connectivity index (χ3n) is 3.06. The second-order valence-electron chi connectivity index (χ2n) is 4.60. The lowest BCUT2D eigenvalue weighted by Crippen LogP contribution is -2.31. The summed E-state index contributed by atoms with van der Waals surface area (Å²) < 4.78 is 1.22. The first-order chi connectivity index (χ1) is 10.5. The highest BCUT2D eigenvalue weighted by Crippen LogP contribution is 2.19. The van der Waals surface area contributed by atoms with Crippen molar-refractivity contribution < 1.29 is 9.72 Å². The topological polar surface area (TPSA) is 107 Å². The van der Waals surface area contributed by atoms with Crippen LogP contribution in [0.15, 0.2) is 41.3 Å². The molecule has 22 heavy (non-hydrogen) atoms. The van der Waals surface area contributed by atoms with Gasteiger partial charge in [0, 0.05) is 36.0 Å². The zero-order valence-corrected chi connectivity index (χ0v) is 11.9. The van der Waals surface area contributed by atoms with Crippen molar-refractivity contribution in [2.24, 2.45) is 0 Å². The van der Waals surface area contributed by atoms with E-state index < -0.39 is 10.8 Å². The molecule has 1 heterocycles. The number of carbonyl (C=O) groups is 1. The van der Waals surface area contributed by atoms with Crippen LogP contribution < -0.4 is 10.9 Å². The fraction of sp³-hybridized carbons (Fsp3) is 0.214. The maximum Gasteiger partial charge on any atom is 0.273 e. The number of rotatable bonds is 5. The molecule has 0 bridgehead atoms. The smallest absolute Gasteiger partial charge is 0.273 e. The monoisotopic (exact) mass is 302 g/mol. The van der Waals surface area contributed by atoms with E-state index in [0.717, 1.165) is 0 Å². The SMILES string of the molecule is Cc1ccc(C(=O)NCCn2ncccc2=O)cc1[N+](=O)[O-]. The van der Waals surface area contributed by atoms with Crippen molar-refractivity contribution in [1.29, 1.82) is 0 Å². The van der Waals surface area contributed by atoms with Gasteiger partial charge in [-0.3, -0.25) is 19.7 Å². The number of nitrogens with zero attached hydrogens (tertiary/aromatic N) is 3. The van der Waals surface area contributed by atoms with Gasteiger partial charge >= 0.3 is 0 Å². The maximum absolute atomic E-state index is 12.0. The van der Waals surface area contributed by atoms with Crippen molar-refractivity contribution in [3.05, 3.63) is 68.1 Å². The number of hydrogen-bond donors (Lipinski definition) is 1. The van der Waals surface area contributed by atoms with Crippen molar-refractivity contribution in [3.63, 3.8) is 0 Å². The summed E-state index contributed by atoms with van der Waals surface area (Å²) in [7, 11) is 0. The Labute approximate surface area is 125 Å². The third kappa shape index (κ3) is 3.54. The summed E-state index contributed by atoms with van der Waals surface area (Å²) in [5.41, 5.74) is 0.323. The molecule has 8 nitrogen and oxygen atoms in total. The molecule has 0 atom stereocenters. The Morgan fingerprint density at radius 1 is 1.41 bits per heavy atom. The van der Waals surface area contributed by atoms with Crippen LogP contribution in [0.1, 0.15) is 15.9 Å². The summed E-state index contributed by atoms with van der Waals surface area (Å²) in [5.74, 6) is -0.438. The molecule has 0 saturated heterocycles. The molecule has 0 radical (unpaired) electrons. The van der Waals surface area contributed by atoms with Gasteiger partial charge in [-0.1, -0.05) is 6.07 Å². The zero-order valence-electron chi connectivity index (χ0n) is 11.9. The minimum atomic E-state index is -0.528. The molecule has 114 valence electrons. The molecule has 0 saturated carbocycles. The van der Waals surface area contributed by atoms with E-state index in [4.69, 9.17) is 0 Å². The molecule has 1 amide bonds. The van der Waals surface area contributed by atoms with Crippen LogP contribution in [0.4, 0.5) is 5.69 Å². The Balaban J connectivity index is 2.01. The van der Waals surface area contributed by atoms with Crippen LogP contribution in [0, 0.1) is 17.0 Å². The van der Waals surface area contributed by atoms with Crippen LogP contribution in [0.25, 0.3) is 0 Å². The van der Waals surface area contributed by atoms with Gasteiger partial charge in [0.1, 0.15) is 0 Å². The number of hydrogen-bond acceptors (Lipinski definition) is 5. The number of nitro benzene ring substituents is 1. The molecule has 0 aliphatic carbocycles. The van der Waals surface area contributed by atoms with Gasteiger partial charge in [-0.2, -0.15) is 5.10 Å². The minimum absolute atomic E-state index is 0.103. The molecule has 1 aromatic heterocycles. The van der Waals surface area contributed by atoms with Crippen molar-refractivity contribution in [1.82, 2.24) is 15.1 Å². The summed E-state index contributed by atoms with van der Waals surface area (Å²) in [6.07, 6.45) is 1.48. The molecule has 2 aromatic rings. The normalized spacial score (nSPS) is 10.2. The minimum Gasteiger partial charge on any atom is -0.350 e. The van der Waals surface area contributed by atoms with E-state index in [0.29, 0.717) is 5.56 Å².